The molecule has 1 radical (unpaired) electrons. The predicted octanol–water partition coefficient (Wildman–Crippen LogP) is 5.35. The van der Waals surface area contributed by atoms with Gasteiger partial charge in [-0.25, -0.2) is 0 Å². The summed E-state index contributed by atoms with van der Waals surface area (Å²) in [6.45, 7) is 7.08. The monoisotopic (exact) mass is 653 g/mol. The second-order valence-electron chi connectivity index (χ2n) is 9.54. The van der Waals surface area contributed by atoms with Crippen LogP contribution in [0.2, 0.25) is 0 Å². The van der Waals surface area contributed by atoms with Gasteiger partial charge in [-0.2, -0.15) is 61.5 Å². The molecule has 0 aliphatic heterocycles. The number of hydrogen-bond donors (Lipinski definition) is 0. The van der Waals surface area contributed by atoms with Crippen LogP contribution in [0.5, 0.6) is 0 Å². The zero-order valence-corrected chi connectivity index (χ0v) is 21.3. The van der Waals surface area contributed by atoms with E-state index in [2.05, 4.69) is 0 Å². The minimum Gasteiger partial charge on any atom is -0.875 e. The average molecular weight is 654 g/mol. The molecular weight excluding hydrogens is 634 g/mol. The van der Waals surface area contributed by atoms with Crippen LogP contribution in [0.4, 0.5) is 61.5 Å². The third-order valence-corrected chi connectivity index (χ3v) is 4.12. The van der Waals surface area contributed by atoms with Crippen LogP contribution >= 0.6 is 0 Å². The normalized spacial score (nSPS) is 15.2. The Labute approximate surface area is 222 Å². The van der Waals surface area contributed by atoms with Crippen LogP contribution in [0.3, 0.4) is 0 Å². The van der Waals surface area contributed by atoms with E-state index in [1.807, 2.05) is 0 Å². The Kier molecular flexibility index (Phi) is 13.0. The smallest absolute Gasteiger partial charge is 0.875 e. The molecule has 233 valence electrons. The maximum atomic E-state index is 12.8. The molecule has 0 aromatic carbocycles. The number of alkyl halides is 14. The zero-order valence-electron chi connectivity index (χ0n) is 20.4. The van der Waals surface area contributed by atoms with E-state index in [0.717, 1.165) is 0 Å². The van der Waals surface area contributed by atoms with E-state index in [1.54, 1.807) is 0 Å². The number of hydrogen-bond acceptors (Lipinski definition) is 4. The van der Waals surface area contributed by atoms with Crippen LogP contribution in [0.25, 0.3) is 0 Å². The molecule has 0 aliphatic carbocycles. The van der Waals surface area contributed by atoms with Gasteiger partial charge in [0.05, 0.1) is 0 Å². The largest absolute Gasteiger partial charge is 2.00 e. The Bertz CT molecular complexity index is 858. The van der Waals surface area contributed by atoms with Crippen molar-refractivity contribution in [2.75, 3.05) is 0 Å². The van der Waals surface area contributed by atoms with Gasteiger partial charge in [0, 0.05) is 0 Å². The second kappa shape index (κ2) is 12.2. The van der Waals surface area contributed by atoms with Crippen LogP contribution in [0.15, 0.2) is 23.7 Å². The second-order valence-corrected chi connectivity index (χ2v) is 9.54. The fraction of sp³-hybridized carbons (Fsp3) is 0.700. The Morgan fingerprint density at radius 2 is 0.667 bits per heavy atom. The van der Waals surface area contributed by atoms with Crippen molar-refractivity contribution < 1.29 is 98.3 Å². The van der Waals surface area contributed by atoms with Crippen molar-refractivity contribution >= 4 is 11.6 Å². The molecule has 0 aromatic rings. The average Bonchev–Trinajstić information content (AvgIpc) is 2.64. The summed E-state index contributed by atoms with van der Waals surface area (Å²) in [5, 5.41) is 22.3. The summed E-state index contributed by atoms with van der Waals surface area (Å²) in [5.74, 6) is -33.5. The number of allylic oxidation sites excluding steroid dienone is 4. The minimum absolute atomic E-state index is 0. The fourth-order valence-electron chi connectivity index (χ4n) is 1.52. The van der Waals surface area contributed by atoms with Gasteiger partial charge in [0.15, 0.2) is 0 Å². The van der Waals surface area contributed by atoms with Crippen molar-refractivity contribution in [3.8, 4) is 0 Å². The van der Waals surface area contributed by atoms with Gasteiger partial charge in [0.2, 0.25) is 11.6 Å². The molecule has 0 unspecified atom stereocenters. The van der Waals surface area contributed by atoms with E-state index in [9.17, 15) is 81.3 Å². The standard InChI is InChI=1S/2C10H11F7O2.Cu/c2*1-7(2,3)5(18)4-6(19)8(11,12)9(13,14)10(15,16)17;/h2*4,18H,1-3H3;/q;;+2/p-2/b2*5-4+;. The predicted molar refractivity (Wildman–Crippen MR) is 97.0 cm³/mol. The first kappa shape index (κ1) is 41.4. The van der Waals surface area contributed by atoms with Crippen molar-refractivity contribution in [2.24, 2.45) is 10.8 Å². The van der Waals surface area contributed by atoms with Crippen LogP contribution in [0.1, 0.15) is 41.5 Å². The van der Waals surface area contributed by atoms with Crippen LogP contribution < -0.4 is 10.2 Å². The number of rotatable bonds is 6. The zero-order chi connectivity index (χ0) is 31.7. The van der Waals surface area contributed by atoms with Gasteiger partial charge in [-0.3, -0.25) is 9.59 Å². The SMILES string of the molecule is CC(C)(C)/C([O-])=C\C(=O)C(F)(F)C(F)(F)C(F)(F)F.CC(C)(C)/C([O-])=C\C(=O)C(F)(F)C(F)(F)C(F)(F)F.[Cu+2]. The Balaban J connectivity index is -0.000000648. The van der Waals surface area contributed by atoms with Crippen molar-refractivity contribution in [1.82, 2.24) is 0 Å². The van der Waals surface area contributed by atoms with Crippen molar-refractivity contribution in [1.29, 1.82) is 0 Å². The molecule has 0 fully saturated rings. The number of halogens is 14. The van der Waals surface area contributed by atoms with E-state index in [4.69, 9.17) is 0 Å². The first-order valence-corrected chi connectivity index (χ1v) is 9.62. The van der Waals surface area contributed by atoms with Gasteiger partial charge in [-0.15, -0.1) is 11.5 Å². The van der Waals surface area contributed by atoms with E-state index >= 15 is 0 Å². The van der Waals surface area contributed by atoms with E-state index in [1.165, 1.54) is 41.5 Å². The molecule has 0 bridgehead atoms. The molecule has 0 saturated heterocycles. The number of carbonyl (C=O) groups excluding carboxylic acids is 2. The molecule has 0 atom stereocenters. The van der Waals surface area contributed by atoms with E-state index in [0.29, 0.717) is 0 Å². The minimum atomic E-state index is -6.61. The third-order valence-electron chi connectivity index (χ3n) is 4.12. The van der Waals surface area contributed by atoms with Crippen molar-refractivity contribution in [3.63, 3.8) is 0 Å². The molecule has 0 rings (SSSR count). The molecule has 19 heteroatoms. The summed E-state index contributed by atoms with van der Waals surface area (Å²) in [7, 11) is 0. The summed E-state index contributed by atoms with van der Waals surface area (Å²) in [6, 6.07) is 0. The van der Waals surface area contributed by atoms with Crippen LogP contribution in [0, 0.1) is 10.8 Å². The summed E-state index contributed by atoms with van der Waals surface area (Å²) >= 11 is 0. The molecule has 0 aromatic heterocycles. The molecule has 4 nitrogen and oxygen atoms in total. The van der Waals surface area contributed by atoms with Gasteiger partial charge < -0.3 is 10.2 Å². The summed E-state index contributed by atoms with van der Waals surface area (Å²) in [6.07, 6.45) is -14.1. The first-order chi connectivity index (χ1) is 16.1. The van der Waals surface area contributed by atoms with Gasteiger partial charge >= 0.3 is 53.1 Å². The van der Waals surface area contributed by atoms with Crippen LogP contribution in [-0.4, -0.2) is 47.6 Å². The van der Waals surface area contributed by atoms with Gasteiger partial charge in [-0.1, -0.05) is 41.5 Å². The van der Waals surface area contributed by atoms with E-state index < -0.39 is 82.1 Å². The van der Waals surface area contributed by atoms with Gasteiger partial charge in [-0.05, 0) is 23.0 Å². The summed E-state index contributed by atoms with van der Waals surface area (Å²) < 4.78 is 172. The molecule has 0 aliphatic rings. The number of ketones is 2. The van der Waals surface area contributed by atoms with Crippen molar-refractivity contribution in [3.05, 3.63) is 23.7 Å². The molecule has 0 amide bonds. The Morgan fingerprint density at radius 3 is 0.795 bits per heavy atom. The summed E-state index contributed by atoms with van der Waals surface area (Å²) in [4.78, 5) is 21.6. The maximum absolute atomic E-state index is 12.8. The van der Waals surface area contributed by atoms with Gasteiger partial charge in [0.25, 0.3) is 0 Å². The molecule has 39 heavy (non-hydrogen) atoms. The molecule has 0 saturated carbocycles. The Hall–Kier alpha value is -2.04. The third kappa shape index (κ3) is 9.53. The van der Waals surface area contributed by atoms with Crippen molar-refractivity contribution in [2.45, 2.75) is 77.6 Å². The molecular formula is C20H20CuF14O4. The fourth-order valence-corrected chi connectivity index (χ4v) is 1.52. The Morgan fingerprint density at radius 1 is 0.487 bits per heavy atom. The van der Waals surface area contributed by atoms with E-state index in [-0.39, 0.29) is 17.1 Å². The first-order valence-electron chi connectivity index (χ1n) is 9.62. The van der Waals surface area contributed by atoms with Gasteiger partial charge in [0.1, 0.15) is 0 Å². The molecule has 0 heterocycles. The maximum Gasteiger partial charge on any atom is 2.00 e. The van der Waals surface area contributed by atoms with Crippen LogP contribution in [-0.2, 0) is 26.7 Å². The number of carbonyl (C=O) groups is 2. The quantitative estimate of drug-likeness (QED) is 0.168. The summed E-state index contributed by atoms with van der Waals surface area (Å²) in [5.41, 5.74) is -2.72. The molecule has 0 N–H and O–H groups in total. The topological polar surface area (TPSA) is 80.3 Å². The molecule has 0 spiro atoms.